The second-order valence-corrected chi connectivity index (χ2v) is 3.21. The van der Waals surface area contributed by atoms with Crippen LogP contribution in [0.15, 0.2) is 18.2 Å². The Hall–Kier alpha value is -2.37. The van der Waals surface area contributed by atoms with Crippen LogP contribution in [0.25, 0.3) is 0 Å². The fourth-order valence-corrected chi connectivity index (χ4v) is 1.36. The molecule has 6 nitrogen and oxygen atoms in total. The van der Waals surface area contributed by atoms with Gasteiger partial charge in [-0.1, -0.05) is 6.07 Å². The van der Waals surface area contributed by atoms with Gasteiger partial charge in [-0.2, -0.15) is 0 Å². The third kappa shape index (κ3) is 2.81. The van der Waals surface area contributed by atoms with Gasteiger partial charge in [-0.3, -0.25) is 4.79 Å². The van der Waals surface area contributed by atoms with Gasteiger partial charge in [0.2, 0.25) is 5.91 Å². The highest BCUT2D eigenvalue weighted by atomic mass is 16.5. The van der Waals surface area contributed by atoms with E-state index in [1.807, 2.05) is 0 Å². The summed E-state index contributed by atoms with van der Waals surface area (Å²) >= 11 is 0. The van der Waals surface area contributed by atoms with E-state index >= 15 is 0 Å². The van der Waals surface area contributed by atoms with Crippen LogP contribution >= 0.6 is 0 Å². The Kier molecular flexibility index (Phi) is 3.82. The van der Waals surface area contributed by atoms with Crippen molar-refractivity contribution in [3.8, 4) is 0 Å². The molecule has 0 saturated carbocycles. The zero-order chi connectivity index (χ0) is 13.0. The van der Waals surface area contributed by atoms with Crippen LogP contribution in [-0.4, -0.2) is 30.1 Å². The summed E-state index contributed by atoms with van der Waals surface area (Å²) in [6.07, 6.45) is 0. The van der Waals surface area contributed by atoms with Crippen molar-refractivity contribution in [2.45, 2.75) is 6.92 Å². The van der Waals surface area contributed by atoms with Gasteiger partial charge in [-0.15, -0.1) is 0 Å². The first-order chi connectivity index (χ1) is 7.97. The van der Waals surface area contributed by atoms with Crippen LogP contribution in [0.4, 0.5) is 5.69 Å². The second kappa shape index (κ2) is 5.11. The molecule has 1 aromatic carbocycles. The summed E-state index contributed by atoms with van der Waals surface area (Å²) < 4.78 is 4.47. The number of rotatable bonds is 3. The molecule has 0 fully saturated rings. The summed E-state index contributed by atoms with van der Waals surface area (Å²) in [4.78, 5) is 33.4. The van der Waals surface area contributed by atoms with E-state index in [0.717, 1.165) is 7.11 Å². The number of hydrogen-bond acceptors (Lipinski definition) is 4. The molecule has 0 bridgehead atoms. The summed E-state index contributed by atoms with van der Waals surface area (Å²) in [5.41, 5.74) is -0.325. The van der Waals surface area contributed by atoms with Gasteiger partial charge in [-0.05, 0) is 12.1 Å². The van der Waals surface area contributed by atoms with E-state index in [0.29, 0.717) is 0 Å². The third-order valence-electron chi connectivity index (χ3n) is 1.99. The van der Waals surface area contributed by atoms with Crippen LogP contribution in [-0.2, 0) is 9.53 Å². The Morgan fingerprint density at radius 2 is 1.94 bits per heavy atom. The van der Waals surface area contributed by atoms with Crippen molar-refractivity contribution in [1.82, 2.24) is 0 Å². The maximum atomic E-state index is 11.4. The largest absolute Gasteiger partial charge is 0.478 e. The number of ether oxygens (including phenoxy) is 1. The van der Waals surface area contributed by atoms with Crippen LogP contribution in [0.2, 0.25) is 0 Å². The molecule has 0 radical (unpaired) electrons. The molecule has 2 N–H and O–H groups in total. The summed E-state index contributed by atoms with van der Waals surface area (Å²) in [7, 11) is 1.15. The highest BCUT2D eigenvalue weighted by Gasteiger charge is 2.21. The zero-order valence-electron chi connectivity index (χ0n) is 9.31. The molecular formula is C11H11NO5. The number of carbonyl (C=O) groups is 3. The first-order valence-corrected chi connectivity index (χ1v) is 4.69. The average molecular weight is 237 g/mol. The van der Waals surface area contributed by atoms with Crippen LogP contribution in [0.5, 0.6) is 0 Å². The minimum absolute atomic E-state index is 0.0629. The lowest BCUT2D eigenvalue weighted by atomic mass is 10.1. The number of carboxylic acids is 1. The number of esters is 1. The summed E-state index contributed by atoms with van der Waals surface area (Å²) in [6.45, 7) is 1.25. The second-order valence-electron chi connectivity index (χ2n) is 3.21. The first kappa shape index (κ1) is 12.7. The fourth-order valence-electron chi connectivity index (χ4n) is 1.36. The van der Waals surface area contributed by atoms with E-state index < -0.39 is 17.8 Å². The maximum absolute atomic E-state index is 11.4. The molecular weight excluding hydrogens is 226 g/mol. The summed E-state index contributed by atoms with van der Waals surface area (Å²) in [5, 5.41) is 11.4. The van der Waals surface area contributed by atoms with Crippen molar-refractivity contribution in [1.29, 1.82) is 0 Å². The molecule has 0 saturated heterocycles. The zero-order valence-corrected chi connectivity index (χ0v) is 9.31. The Morgan fingerprint density at radius 3 is 2.41 bits per heavy atom. The van der Waals surface area contributed by atoms with Crippen molar-refractivity contribution in [3.05, 3.63) is 29.3 Å². The van der Waals surface area contributed by atoms with Crippen molar-refractivity contribution in [3.63, 3.8) is 0 Å². The minimum Gasteiger partial charge on any atom is -0.478 e. The van der Waals surface area contributed by atoms with E-state index in [4.69, 9.17) is 5.11 Å². The van der Waals surface area contributed by atoms with Crippen molar-refractivity contribution in [2.24, 2.45) is 0 Å². The molecule has 0 spiro atoms. The lowest BCUT2D eigenvalue weighted by Crippen LogP contribution is -2.15. The monoisotopic (exact) mass is 237 g/mol. The van der Waals surface area contributed by atoms with Gasteiger partial charge < -0.3 is 15.2 Å². The molecule has 0 heterocycles. The number of carboxylic acid groups (broad SMARTS) is 1. The molecule has 0 unspecified atom stereocenters. The number of amides is 1. The molecule has 0 aliphatic heterocycles. The standard InChI is InChI=1S/C11H11NO5/c1-6(13)12-8-5-3-4-7(11(16)17-2)9(8)10(14)15/h3-5H,1-2H3,(H,12,13)(H,14,15). The number of nitrogens with one attached hydrogen (secondary N) is 1. The highest BCUT2D eigenvalue weighted by Crippen LogP contribution is 2.21. The quantitative estimate of drug-likeness (QED) is 0.768. The molecule has 90 valence electrons. The predicted molar refractivity (Wildman–Crippen MR) is 59.0 cm³/mol. The van der Waals surface area contributed by atoms with E-state index in [1.54, 1.807) is 0 Å². The van der Waals surface area contributed by atoms with Gasteiger partial charge in [0.25, 0.3) is 0 Å². The molecule has 6 heteroatoms. The van der Waals surface area contributed by atoms with E-state index in [-0.39, 0.29) is 16.8 Å². The number of carbonyl (C=O) groups excluding carboxylic acids is 2. The number of hydrogen-bond donors (Lipinski definition) is 2. The van der Waals surface area contributed by atoms with Crippen LogP contribution < -0.4 is 5.32 Å². The Balaban J connectivity index is 3.36. The highest BCUT2D eigenvalue weighted by molar-refractivity contribution is 6.08. The Labute approximate surface area is 97.2 Å². The van der Waals surface area contributed by atoms with E-state index in [2.05, 4.69) is 10.1 Å². The molecule has 1 aromatic rings. The van der Waals surface area contributed by atoms with Gasteiger partial charge in [0, 0.05) is 6.92 Å². The van der Waals surface area contributed by atoms with Crippen LogP contribution in [0, 0.1) is 0 Å². The third-order valence-corrected chi connectivity index (χ3v) is 1.99. The lowest BCUT2D eigenvalue weighted by Gasteiger charge is -2.10. The van der Waals surface area contributed by atoms with Gasteiger partial charge in [0.1, 0.15) is 0 Å². The predicted octanol–water partition coefficient (Wildman–Crippen LogP) is 1.13. The molecule has 0 aromatic heterocycles. The normalized spacial score (nSPS) is 9.53. The van der Waals surface area contributed by atoms with E-state index in [1.165, 1.54) is 25.1 Å². The fraction of sp³-hybridized carbons (Fsp3) is 0.182. The summed E-state index contributed by atoms with van der Waals surface area (Å²) in [6, 6.07) is 4.18. The number of benzene rings is 1. The lowest BCUT2D eigenvalue weighted by molar-refractivity contribution is -0.114. The SMILES string of the molecule is COC(=O)c1cccc(NC(C)=O)c1C(=O)O. The number of anilines is 1. The first-order valence-electron chi connectivity index (χ1n) is 4.69. The van der Waals surface area contributed by atoms with Crippen LogP contribution in [0.3, 0.4) is 0 Å². The van der Waals surface area contributed by atoms with Gasteiger partial charge >= 0.3 is 11.9 Å². The van der Waals surface area contributed by atoms with Gasteiger partial charge in [-0.25, -0.2) is 9.59 Å². The molecule has 17 heavy (non-hydrogen) atoms. The van der Waals surface area contributed by atoms with Crippen LogP contribution in [0.1, 0.15) is 27.6 Å². The molecule has 1 rings (SSSR count). The molecule has 0 aliphatic rings. The van der Waals surface area contributed by atoms with E-state index in [9.17, 15) is 14.4 Å². The maximum Gasteiger partial charge on any atom is 0.338 e. The smallest absolute Gasteiger partial charge is 0.338 e. The van der Waals surface area contributed by atoms with Crippen molar-refractivity contribution in [2.75, 3.05) is 12.4 Å². The number of aromatic carboxylic acids is 1. The summed E-state index contributed by atoms with van der Waals surface area (Å²) in [5.74, 6) is -2.50. The van der Waals surface area contributed by atoms with Crippen molar-refractivity contribution < 1.29 is 24.2 Å². The van der Waals surface area contributed by atoms with Crippen molar-refractivity contribution >= 4 is 23.5 Å². The Bertz CT molecular complexity index is 481. The Morgan fingerprint density at radius 1 is 1.29 bits per heavy atom. The van der Waals surface area contributed by atoms with Gasteiger partial charge in [0.05, 0.1) is 23.9 Å². The average Bonchev–Trinajstić information content (AvgIpc) is 2.26. The molecule has 0 aliphatic carbocycles. The number of methoxy groups -OCH3 is 1. The molecule has 0 atom stereocenters. The molecule has 1 amide bonds. The topological polar surface area (TPSA) is 92.7 Å². The van der Waals surface area contributed by atoms with Gasteiger partial charge in [0.15, 0.2) is 0 Å². The minimum atomic E-state index is -1.31.